The fourth-order valence-electron chi connectivity index (χ4n) is 5.76. The summed E-state index contributed by atoms with van der Waals surface area (Å²) in [7, 11) is 5.72. The number of isocyanates is 1. The van der Waals surface area contributed by atoms with Crippen molar-refractivity contribution in [3.8, 4) is 0 Å². The summed E-state index contributed by atoms with van der Waals surface area (Å²) in [5.74, 6) is -1.37. The summed E-state index contributed by atoms with van der Waals surface area (Å²) in [6.07, 6.45) is 1.46. The molecule has 6 aromatic rings. The van der Waals surface area contributed by atoms with Gasteiger partial charge < -0.3 is 45.6 Å². The number of carbonyl (C=O) groups excluding carboxylic acids is 4. The van der Waals surface area contributed by atoms with E-state index in [2.05, 4.69) is 26.3 Å². The summed E-state index contributed by atoms with van der Waals surface area (Å²) < 4.78 is 12.4. The molecule has 0 saturated carbocycles. The fourth-order valence-corrected chi connectivity index (χ4v) is 5.76. The number of nitrogens with zero attached hydrogens (tertiary/aromatic N) is 3. The van der Waals surface area contributed by atoms with Gasteiger partial charge in [-0.2, -0.15) is 4.99 Å². The highest BCUT2D eigenvalue weighted by Crippen LogP contribution is 2.26. The normalized spacial score (nSPS) is 10.1. The predicted molar refractivity (Wildman–Crippen MR) is 225 cm³/mol. The highest BCUT2D eigenvalue weighted by atomic mass is 16.5. The zero-order valence-electron chi connectivity index (χ0n) is 32.4. The van der Waals surface area contributed by atoms with Crippen LogP contribution in [0.2, 0.25) is 0 Å². The van der Waals surface area contributed by atoms with E-state index in [-0.39, 0.29) is 23.7 Å². The molecule has 6 rings (SSSR count). The third kappa shape index (κ3) is 10.8. The van der Waals surface area contributed by atoms with Crippen molar-refractivity contribution in [2.75, 3.05) is 56.3 Å². The van der Waals surface area contributed by atoms with Crippen LogP contribution in [-0.2, 0) is 28.4 Å². The van der Waals surface area contributed by atoms with Gasteiger partial charge in [0, 0.05) is 56.7 Å². The number of pyridine rings is 2. The smallest absolute Gasteiger partial charge is 0.345 e. The summed E-state index contributed by atoms with van der Waals surface area (Å²) in [5.41, 5.74) is 8.19. The van der Waals surface area contributed by atoms with Crippen LogP contribution < -0.4 is 38.1 Å². The minimum absolute atomic E-state index is 0.00199. The third-order valence-electron chi connectivity index (χ3n) is 8.51. The maximum Gasteiger partial charge on any atom is 0.345 e. The van der Waals surface area contributed by atoms with Crippen LogP contribution in [0.25, 0.3) is 21.8 Å². The molecule has 0 aliphatic rings. The van der Waals surface area contributed by atoms with Gasteiger partial charge in [-0.05, 0) is 36.4 Å². The molecule has 0 unspecified atom stereocenters. The molecule has 0 aliphatic carbocycles. The second kappa shape index (κ2) is 21.5. The first-order chi connectivity index (χ1) is 28.1. The van der Waals surface area contributed by atoms with E-state index >= 15 is 0 Å². The predicted octanol–water partition coefficient (Wildman–Crippen LogP) is 4.91. The molecule has 16 heteroatoms. The highest BCUT2D eigenvalue weighted by Gasteiger charge is 2.23. The SMILES string of the molecule is COC(=O)c1c(NCCN)c2ccccc2n(C)c1=O.COC(=O)c1c(NCCNC(=O)Nc2ccccc2)c2ccccc2n(C)c1=O.O=C=Nc1ccccc1. The molecule has 0 saturated heterocycles. The number of aromatic nitrogens is 2. The monoisotopic (exact) mass is 788 g/mol. The summed E-state index contributed by atoms with van der Waals surface area (Å²) in [6, 6.07) is 32.3. The Labute approximate surface area is 333 Å². The van der Waals surface area contributed by atoms with Crippen molar-refractivity contribution < 1.29 is 28.7 Å². The van der Waals surface area contributed by atoms with E-state index in [9.17, 15) is 28.8 Å². The van der Waals surface area contributed by atoms with E-state index in [4.69, 9.17) is 15.2 Å². The van der Waals surface area contributed by atoms with Gasteiger partial charge in [-0.3, -0.25) is 9.59 Å². The Morgan fingerprint density at radius 1 is 0.655 bits per heavy atom. The van der Waals surface area contributed by atoms with Crippen molar-refractivity contribution in [2.24, 2.45) is 24.8 Å². The number of anilines is 3. The fraction of sp³-hybridized carbons (Fsp3) is 0.190. The largest absolute Gasteiger partial charge is 0.465 e. The van der Waals surface area contributed by atoms with Crippen molar-refractivity contribution in [3.63, 3.8) is 0 Å². The number of fused-ring (bicyclic) bond motifs is 2. The van der Waals surface area contributed by atoms with E-state index in [0.717, 1.165) is 10.9 Å². The third-order valence-corrected chi connectivity index (χ3v) is 8.51. The number of benzene rings is 4. The lowest BCUT2D eigenvalue weighted by Crippen LogP contribution is -2.33. The first kappa shape index (κ1) is 43.2. The van der Waals surface area contributed by atoms with Gasteiger partial charge in [0.1, 0.15) is 11.1 Å². The number of carbonyl (C=O) groups is 3. The van der Waals surface area contributed by atoms with Crippen molar-refractivity contribution >= 4 is 68.6 Å². The van der Waals surface area contributed by atoms with Gasteiger partial charge in [0.25, 0.3) is 11.1 Å². The van der Waals surface area contributed by atoms with Crippen LogP contribution >= 0.6 is 0 Å². The van der Waals surface area contributed by atoms with Crippen LogP contribution in [-0.4, -0.2) is 73.6 Å². The molecule has 0 fully saturated rings. The van der Waals surface area contributed by atoms with Gasteiger partial charge in [-0.15, -0.1) is 0 Å². The Hall–Kier alpha value is -7.55. The van der Waals surface area contributed by atoms with Crippen LogP contribution in [0.4, 0.5) is 27.5 Å². The minimum Gasteiger partial charge on any atom is -0.465 e. The quantitative estimate of drug-likeness (QED) is 0.0515. The van der Waals surface area contributed by atoms with Crippen LogP contribution in [0.3, 0.4) is 0 Å². The number of methoxy groups -OCH3 is 2. The van der Waals surface area contributed by atoms with Crippen molar-refractivity contribution in [1.82, 2.24) is 14.5 Å². The summed E-state index contributed by atoms with van der Waals surface area (Å²) >= 11 is 0. The molecule has 2 heterocycles. The molecule has 0 spiro atoms. The number of nitrogens with one attached hydrogen (secondary N) is 4. The Morgan fingerprint density at radius 2 is 1.10 bits per heavy atom. The molecule has 0 radical (unpaired) electrons. The van der Waals surface area contributed by atoms with Gasteiger partial charge >= 0.3 is 18.0 Å². The molecule has 16 nitrogen and oxygen atoms in total. The number of hydrogen-bond acceptors (Lipinski definition) is 12. The molecule has 300 valence electrons. The topological polar surface area (TPSA) is 217 Å². The molecule has 2 aromatic heterocycles. The van der Waals surface area contributed by atoms with Gasteiger partial charge in [0.05, 0.1) is 42.3 Å². The molecule has 6 N–H and O–H groups in total. The number of amides is 2. The summed E-state index contributed by atoms with van der Waals surface area (Å²) in [5, 5.41) is 13.1. The minimum atomic E-state index is -0.714. The maximum absolute atomic E-state index is 12.7. The number of nitrogens with two attached hydrogens (primary N) is 1. The van der Waals surface area contributed by atoms with Gasteiger partial charge in [-0.1, -0.05) is 72.8 Å². The zero-order chi connectivity index (χ0) is 42.0. The van der Waals surface area contributed by atoms with E-state index in [1.165, 1.54) is 29.4 Å². The number of rotatable bonds is 11. The number of ether oxygens (including phenoxy) is 2. The summed E-state index contributed by atoms with van der Waals surface area (Å²) in [4.78, 5) is 74.3. The molecule has 2 amide bonds. The molecule has 4 aromatic carbocycles. The van der Waals surface area contributed by atoms with Crippen molar-refractivity contribution in [2.45, 2.75) is 0 Å². The molecular weight excluding hydrogens is 745 g/mol. The average Bonchev–Trinajstić information content (AvgIpc) is 3.25. The number of hydrogen-bond donors (Lipinski definition) is 5. The van der Waals surface area contributed by atoms with E-state index in [1.54, 1.807) is 44.4 Å². The Bertz CT molecular complexity index is 2530. The first-order valence-electron chi connectivity index (χ1n) is 17.9. The number of urea groups is 1. The lowest BCUT2D eigenvalue weighted by molar-refractivity contribution is 0.0590. The number of esters is 2. The number of aliphatic imine (C=N–C) groups is 1. The lowest BCUT2D eigenvalue weighted by Gasteiger charge is -2.16. The van der Waals surface area contributed by atoms with Gasteiger partial charge in [0.2, 0.25) is 6.08 Å². The Balaban J connectivity index is 0.000000220. The lowest BCUT2D eigenvalue weighted by atomic mass is 10.1. The first-order valence-corrected chi connectivity index (χ1v) is 17.9. The number of para-hydroxylation sites is 4. The Kier molecular flexibility index (Phi) is 16.0. The van der Waals surface area contributed by atoms with Crippen molar-refractivity contribution in [3.05, 3.63) is 141 Å². The second-order valence-electron chi connectivity index (χ2n) is 12.2. The summed E-state index contributed by atoms with van der Waals surface area (Å²) in [6.45, 7) is 1.44. The Morgan fingerprint density at radius 3 is 1.57 bits per heavy atom. The van der Waals surface area contributed by atoms with E-state index < -0.39 is 23.1 Å². The van der Waals surface area contributed by atoms with Crippen LogP contribution in [0, 0.1) is 0 Å². The van der Waals surface area contributed by atoms with Gasteiger partial charge in [0.15, 0.2) is 0 Å². The molecule has 0 aliphatic heterocycles. The van der Waals surface area contributed by atoms with Crippen LogP contribution in [0.1, 0.15) is 20.7 Å². The van der Waals surface area contributed by atoms with Crippen molar-refractivity contribution in [1.29, 1.82) is 0 Å². The maximum atomic E-state index is 12.7. The molecule has 58 heavy (non-hydrogen) atoms. The highest BCUT2D eigenvalue weighted by molar-refractivity contribution is 6.06. The average molecular weight is 789 g/mol. The van der Waals surface area contributed by atoms with E-state index in [0.29, 0.717) is 53.3 Å². The van der Waals surface area contributed by atoms with Crippen LogP contribution in [0.5, 0.6) is 0 Å². The standard InChI is InChI=1S/C21H22N4O4.C14H17N3O3.C7H5NO/c1-25-16-11-7-6-10-15(16)18(17(19(25)26)20(27)29-2)22-12-13-23-21(28)24-14-8-4-3-5-9-14;1-17-10-6-4-3-5-9(10)12(16-8-7-15)11(13(17)18)14(19)20-2;9-6-8-7-4-2-1-3-5-7/h3-11,22H,12-13H2,1-2H3,(H2,23,24,28);3-6,16H,7-8,15H2,1-2H3;1-5H. The molecule has 0 atom stereocenters. The second-order valence-corrected chi connectivity index (χ2v) is 12.2. The van der Waals surface area contributed by atoms with Gasteiger partial charge in [-0.25, -0.2) is 19.2 Å². The van der Waals surface area contributed by atoms with E-state index in [1.807, 2.05) is 78.9 Å². The van der Waals surface area contributed by atoms with Crippen LogP contribution in [0.15, 0.2) is 124 Å². The zero-order valence-corrected chi connectivity index (χ0v) is 32.4. The number of aryl methyl sites for hydroxylation is 2. The molecular formula is C42H44N8O8. The molecule has 0 bridgehead atoms.